The quantitative estimate of drug-likeness (QED) is 0.191. The van der Waals surface area contributed by atoms with E-state index in [1.807, 2.05) is 42.5 Å². The summed E-state index contributed by atoms with van der Waals surface area (Å²) in [5.41, 5.74) is -1.81. The summed E-state index contributed by atoms with van der Waals surface area (Å²) in [6.07, 6.45) is -0.609. The Labute approximate surface area is 238 Å². The molecule has 6 nitrogen and oxygen atoms in total. The van der Waals surface area contributed by atoms with Crippen molar-refractivity contribution in [3.63, 3.8) is 0 Å². The minimum Gasteiger partial charge on any atom is -0.497 e. The van der Waals surface area contributed by atoms with Crippen LogP contribution in [0.5, 0.6) is 17.2 Å². The summed E-state index contributed by atoms with van der Waals surface area (Å²) in [6, 6.07) is 19.6. The number of alkyl halides is 3. The van der Waals surface area contributed by atoms with Crippen molar-refractivity contribution in [1.29, 1.82) is 0 Å². The second kappa shape index (κ2) is 14.6. The Kier molecular flexibility index (Phi) is 11.2. The van der Waals surface area contributed by atoms with Gasteiger partial charge in [0.15, 0.2) is 11.5 Å². The summed E-state index contributed by atoms with van der Waals surface area (Å²) in [6.45, 7) is 0. The van der Waals surface area contributed by atoms with Gasteiger partial charge in [-0.15, -0.1) is 0 Å². The first-order chi connectivity index (χ1) is 19.7. The van der Waals surface area contributed by atoms with Gasteiger partial charge in [0.2, 0.25) is 0 Å². The van der Waals surface area contributed by atoms with Crippen molar-refractivity contribution >= 4 is 12.0 Å². The van der Waals surface area contributed by atoms with E-state index >= 15 is 0 Å². The molecule has 0 spiro atoms. The standard InChI is InChI=1S/C32H35F3O6/c1-37-26-18-14-23(15-19-26)10-8-9-13-27(20-16-24-17-21-28(38-2)29(22-24)39-3)41-30(36)31(40-4,32(33,34)35)25-11-6-5-7-12-25/h5-8,10-12,14-15,17-19,21-22,27H,9,13,16,20H2,1-4H3/b10-8+/t27-,31-/m0/s1. The maximum absolute atomic E-state index is 14.4. The number of methoxy groups -OCH3 is 4. The van der Waals surface area contributed by atoms with Crippen LogP contribution in [-0.4, -0.2) is 46.7 Å². The highest BCUT2D eigenvalue weighted by molar-refractivity contribution is 5.82. The summed E-state index contributed by atoms with van der Waals surface area (Å²) in [5.74, 6) is 0.311. The average molecular weight is 573 g/mol. The number of benzene rings is 3. The Balaban J connectivity index is 1.82. The van der Waals surface area contributed by atoms with Crippen LogP contribution >= 0.6 is 0 Å². The van der Waals surface area contributed by atoms with Crippen LogP contribution in [0.3, 0.4) is 0 Å². The minimum atomic E-state index is -5.05. The van der Waals surface area contributed by atoms with Gasteiger partial charge in [0, 0.05) is 12.7 Å². The third-order valence-corrected chi connectivity index (χ3v) is 6.73. The monoisotopic (exact) mass is 572 g/mol. The molecule has 9 heteroatoms. The molecule has 0 unspecified atom stereocenters. The number of hydrogen-bond donors (Lipinski definition) is 0. The van der Waals surface area contributed by atoms with Gasteiger partial charge in [0.05, 0.1) is 21.3 Å². The molecule has 0 saturated carbocycles. The number of carbonyl (C=O) groups is 1. The van der Waals surface area contributed by atoms with Crippen LogP contribution in [0.15, 0.2) is 78.9 Å². The van der Waals surface area contributed by atoms with E-state index in [2.05, 4.69) is 0 Å². The lowest BCUT2D eigenvalue weighted by Gasteiger charge is -2.33. The summed E-state index contributed by atoms with van der Waals surface area (Å²) < 4.78 is 69.7. The van der Waals surface area contributed by atoms with E-state index in [4.69, 9.17) is 23.7 Å². The molecule has 3 aromatic carbocycles. The number of ether oxygens (including phenoxy) is 5. The van der Waals surface area contributed by atoms with Gasteiger partial charge in [-0.25, -0.2) is 4.79 Å². The minimum absolute atomic E-state index is 0.282. The van der Waals surface area contributed by atoms with Crippen molar-refractivity contribution in [3.05, 3.63) is 95.6 Å². The molecule has 0 aliphatic heterocycles. The lowest BCUT2D eigenvalue weighted by Crippen LogP contribution is -2.52. The first kappa shape index (κ1) is 31.5. The van der Waals surface area contributed by atoms with Crippen LogP contribution in [0, 0.1) is 0 Å². The molecule has 0 saturated heterocycles. The Morgan fingerprint density at radius 3 is 2.10 bits per heavy atom. The first-order valence-electron chi connectivity index (χ1n) is 13.1. The summed E-state index contributed by atoms with van der Waals surface area (Å²) in [4.78, 5) is 13.3. The molecule has 0 heterocycles. The molecule has 0 radical (unpaired) electrons. The Morgan fingerprint density at radius 1 is 0.829 bits per heavy atom. The van der Waals surface area contributed by atoms with Crippen LogP contribution in [0.4, 0.5) is 13.2 Å². The molecular formula is C32H35F3O6. The van der Waals surface area contributed by atoms with Crippen molar-refractivity contribution in [3.8, 4) is 17.2 Å². The van der Waals surface area contributed by atoms with Crippen LogP contribution in [0.25, 0.3) is 6.08 Å². The van der Waals surface area contributed by atoms with Gasteiger partial charge < -0.3 is 23.7 Å². The lowest BCUT2D eigenvalue weighted by molar-refractivity contribution is -0.278. The number of allylic oxidation sites excluding steroid dienone is 1. The van der Waals surface area contributed by atoms with E-state index in [1.54, 1.807) is 25.3 Å². The molecule has 0 N–H and O–H groups in total. The molecule has 2 atom stereocenters. The average Bonchev–Trinajstić information content (AvgIpc) is 2.98. The van der Waals surface area contributed by atoms with Gasteiger partial charge in [-0.3, -0.25) is 0 Å². The Bertz CT molecular complexity index is 1270. The van der Waals surface area contributed by atoms with Crippen LogP contribution in [-0.2, 0) is 26.3 Å². The zero-order valence-electron chi connectivity index (χ0n) is 23.6. The maximum atomic E-state index is 14.4. The van der Waals surface area contributed by atoms with Crippen molar-refractivity contribution in [2.45, 2.75) is 43.6 Å². The number of aryl methyl sites for hydroxylation is 1. The molecule has 0 amide bonds. The molecule has 41 heavy (non-hydrogen) atoms. The molecular weight excluding hydrogens is 537 g/mol. The van der Waals surface area contributed by atoms with Crippen molar-refractivity contribution in [1.82, 2.24) is 0 Å². The highest BCUT2D eigenvalue weighted by atomic mass is 19.4. The second-order valence-corrected chi connectivity index (χ2v) is 9.26. The van der Waals surface area contributed by atoms with Crippen LogP contribution in [0.1, 0.15) is 36.0 Å². The molecule has 0 aliphatic rings. The molecule has 0 fully saturated rings. The molecule has 0 aromatic heterocycles. The fourth-order valence-corrected chi connectivity index (χ4v) is 4.46. The smallest absolute Gasteiger partial charge is 0.432 e. The fourth-order valence-electron chi connectivity index (χ4n) is 4.46. The predicted molar refractivity (Wildman–Crippen MR) is 150 cm³/mol. The van der Waals surface area contributed by atoms with Gasteiger partial charge >= 0.3 is 12.1 Å². The maximum Gasteiger partial charge on any atom is 0.432 e. The van der Waals surface area contributed by atoms with E-state index < -0.39 is 23.9 Å². The summed E-state index contributed by atoms with van der Waals surface area (Å²) in [5, 5.41) is 0. The summed E-state index contributed by atoms with van der Waals surface area (Å²) >= 11 is 0. The van der Waals surface area contributed by atoms with E-state index in [0.29, 0.717) is 30.8 Å². The van der Waals surface area contributed by atoms with E-state index in [9.17, 15) is 18.0 Å². The SMILES string of the molecule is COc1ccc(/C=C/CC[C@@H](CCc2ccc(OC)c(OC)c2)OC(=O)[C@@](OC)(c2ccccc2)C(F)(F)F)cc1. The Morgan fingerprint density at radius 2 is 1.51 bits per heavy atom. The van der Waals surface area contributed by atoms with Crippen molar-refractivity contribution in [2.24, 2.45) is 0 Å². The normalized spacial score (nSPS) is 13.8. The zero-order chi connectivity index (χ0) is 29.9. The van der Waals surface area contributed by atoms with Crippen LogP contribution in [0.2, 0.25) is 0 Å². The van der Waals surface area contributed by atoms with Gasteiger partial charge in [-0.2, -0.15) is 13.2 Å². The molecule has 0 bridgehead atoms. The molecule has 0 aliphatic carbocycles. The number of rotatable bonds is 14. The number of hydrogen-bond acceptors (Lipinski definition) is 6. The third kappa shape index (κ3) is 7.82. The van der Waals surface area contributed by atoms with Gasteiger partial charge in [-0.1, -0.05) is 60.7 Å². The molecule has 3 rings (SSSR count). The zero-order valence-corrected chi connectivity index (χ0v) is 23.6. The second-order valence-electron chi connectivity index (χ2n) is 9.26. The fraction of sp³-hybridized carbons (Fsp3) is 0.344. The van der Waals surface area contributed by atoms with Crippen molar-refractivity contribution < 1.29 is 41.7 Å². The highest BCUT2D eigenvalue weighted by Crippen LogP contribution is 2.43. The largest absolute Gasteiger partial charge is 0.497 e. The first-order valence-corrected chi connectivity index (χ1v) is 13.1. The van der Waals surface area contributed by atoms with E-state index in [0.717, 1.165) is 24.0 Å². The predicted octanol–water partition coefficient (Wildman–Crippen LogP) is 7.15. The third-order valence-electron chi connectivity index (χ3n) is 6.73. The Hall–Kier alpha value is -3.98. The summed E-state index contributed by atoms with van der Waals surface area (Å²) in [7, 11) is 5.50. The highest BCUT2D eigenvalue weighted by Gasteiger charge is 2.64. The van der Waals surface area contributed by atoms with Crippen LogP contribution < -0.4 is 14.2 Å². The molecule has 220 valence electrons. The topological polar surface area (TPSA) is 63.2 Å². The van der Waals surface area contributed by atoms with Gasteiger partial charge in [-0.05, 0) is 61.1 Å². The van der Waals surface area contributed by atoms with E-state index in [1.165, 1.54) is 38.5 Å². The van der Waals surface area contributed by atoms with Gasteiger partial charge in [0.1, 0.15) is 11.9 Å². The number of halogens is 3. The molecule has 3 aromatic rings. The van der Waals surface area contributed by atoms with Crippen molar-refractivity contribution in [2.75, 3.05) is 28.4 Å². The number of carbonyl (C=O) groups excluding carboxylic acids is 1. The lowest BCUT2D eigenvalue weighted by atomic mass is 9.92. The number of esters is 1. The van der Waals surface area contributed by atoms with E-state index in [-0.39, 0.29) is 12.0 Å². The van der Waals surface area contributed by atoms with Gasteiger partial charge in [0.25, 0.3) is 5.60 Å².